The molecule has 0 amide bonds. The average Bonchev–Trinajstić information content (AvgIpc) is 2.84. The summed E-state index contributed by atoms with van der Waals surface area (Å²) < 4.78 is 7.56. The lowest BCUT2D eigenvalue weighted by molar-refractivity contribution is 0.00587. The first-order valence-corrected chi connectivity index (χ1v) is 7.99. The third kappa shape index (κ3) is 3.43. The molecule has 3 aromatic rings. The van der Waals surface area contributed by atoms with Gasteiger partial charge in [0.05, 0.1) is 0 Å². The molecule has 2 N–H and O–H groups in total. The number of hydrogen-bond donors (Lipinski definition) is 1. The van der Waals surface area contributed by atoms with Gasteiger partial charge in [0.2, 0.25) is 0 Å². The van der Waals surface area contributed by atoms with Crippen LogP contribution in [0.5, 0.6) is 0 Å². The van der Waals surface area contributed by atoms with Gasteiger partial charge in [-0.2, -0.15) is 0 Å². The molecule has 0 aliphatic rings. The van der Waals surface area contributed by atoms with Gasteiger partial charge >= 0.3 is 5.97 Å². The zero-order chi connectivity index (χ0) is 17.3. The third-order valence-electron chi connectivity index (χ3n) is 3.72. The number of carbonyl (C=O) groups excluding carboxylic acids is 1. The molecule has 3 rings (SSSR count). The van der Waals surface area contributed by atoms with E-state index in [9.17, 15) is 4.79 Å². The number of nitrogen functional groups attached to an aromatic ring is 1. The van der Waals surface area contributed by atoms with Gasteiger partial charge in [-0.1, -0.05) is 30.3 Å². The number of benzene rings is 2. The Morgan fingerprint density at radius 3 is 2.46 bits per heavy atom. The molecule has 124 valence electrons. The Balaban J connectivity index is 2.09. The summed E-state index contributed by atoms with van der Waals surface area (Å²) in [5.74, 6) is -0.326. The van der Waals surface area contributed by atoms with Crippen molar-refractivity contribution in [3.8, 4) is 0 Å². The van der Waals surface area contributed by atoms with E-state index in [1.54, 1.807) is 0 Å². The van der Waals surface area contributed by atoms with Crippen LogP contribution in [0.15, 0.2) is 54.6 Å². The number of rotatable bonds is 3. The number of fused-ring (bicyclic) bond motifs is 1. The molecule has 0 fully saturated rings. The van der Waals surface area contributed by atoms with E-state index in [1.807, 2.05) is 79.9 Å². The van der Waals surface area contributed by atoms with Crippen molar-refractivity contribution < 1.29 is 9.53 Å². The molecule has 0 spiro atoms. The number of ether oxygens (including phenoxy) is 1. The lowest BCUT2D eigenvalue weighted by atomic mass is 10.2. The smallest absolute Gasteiger partial charge is 0.355 e. The lowest BCUT2D eigenvalue weighted by Gasteiger charge is -2.20. The summed E-state index contributed by atoms with van der Waals surface area (Å²) in [5.41, 5.74) is 8.65. The average molecular weight is 322 g/mol. The van der Waals surface area contributed by atoms with E-state index < -0.39 is 5.60 Å². The maximum absolute atomic E-state index is 12.7. The number of nitrogens with two attached hydrogens (primary N) is 1. The number of hydrogen-bond acceptors (Lipinski definition) is 3. The van der Waals surface area contributed by atoms with Crippen LogP contribution in [0, 0.1) is 0 Å². The van der Waals surface area contributed by atoms with E-state index in [1.165, 1.54) is 0 Å². The zero-order valence-corrected chi connectivity index (χ0v) is 14.2. The SMILES string of the molecule is CC(C)(C)OC(=O)c1cc2cc(N)ccc2n1Cc1ccccc1. The Kier molecular flexibility index (Phi) is 4.06. The maximum Gasteiger partial charge on any atom is 0.355 e. The minimum Gasteiger partial charge on any atom is -0.455 e. The summed E-state index contributed by atoms with van der Waals surface area (Å²) in [6.07, 6.45) is 0. The predicted molar refractivity (Wildman–Crippen MR) is 97.1 cm³/mol. The van der Waals surface area contributed by atoms with Crippen LogP contribution in [0.1, 0.15) is 36.8 Å². The van der Waals surface area contributed by atoms with Crippen molar-refractivity contribution >= 4 is 22.6 Å². The van der Waals surface area contributed by atoms with Gasteiger partial charge in [0.1, 0.15) is 11.3 Å². The van der Waals surface area contributed by atoms with Gasteiger partial charge in [0, 0.05) is 23.1 Å². The highest BCUT2D eigenvalue weighted by atomic mass is 16.6. The fourth-order valence-corrected chi connectivity index (χ4v) is 2.73. The Bertz CT molecular complexity index is 874. The lowest BCUT2D eigenvalue weighted by Crippen LogP contribution is -2.25. The molecule has 1 aromatic heterocycles. The molecule has 0 saturated carbocycles. The molecule has 24 heavy (non-hydrogen) atoms. The van der Waals surface area contributed by atoms with E-state index in [2.05, 4.69) is 0 Å². The highest BCUT2D eigenvalue weighted by Crippen LogP contribution is 2.25. The molecule has 0 aliphatic heterocycles. The molecule has 0 bridgehead atoms. The molecule has 0 radical (unpaired) electrons. The minimum absolute atomic E-state index is 0.326. The Hall–Kier alpha value is -2.75. The van der Waals surface area contributed by atoms with Crippen molar-refractivity contribution in [3.63, 3.8) is 0 Å². The molecule has 0 unspecified atom stereocenters. The molecule has 4 heteroatoms. The number of anilines is 1. The first-order valence-electron chi connectivity index (χ1n) is 7.99. The maximum atomic E-state index is 12.7. The van der Waals surface area contributed by atoms with Gasteiger partial charge in [-0.25, -0.2) is 4.79 Å². The molecule has 0 aliphatic carbocycles. The molecule has 4 nitrogen and oxygen atoms in total. The van der Waals surface area contributed by atoms with Gasteiger partial charge < -0.3 is 15.0 Å². The van der Waals surface area contributed by atoms with E-state index in [-0.39, 0.29) is 5.97 Å². The second-order valence-electron chi connectivity index (χ2n) is 6.92. The Morgan fingerprint density at radius 1 is 1.08 bits per heavy atom. The standard InChI is InChI=1S/C20H22N2O2/c1-20(2,3)24-19(23)18-12-15-11-16(21)9-10-17(15)22(18)13-14-7-5-4-6-8-14/h4-12H,13,21H2,1-3H3. The molecule has 0 atom stereocenters. The monoisotopic (exact) mass is 322 g/mol. The van der Waals surface area contributed by atoms with Crippen LogP contribution in [0.25, 0.3) is 10.9 Å². The predicted octanol–water partition coefficient (Wildman–Crippen LogP) is 4.23. The number of carbonyl (C=O) groups is 1. The van der Waals surface area contributed by atoms with Crippen molar-refractivity contribution in [1.29, 1.82) is 0 Å². The van der Waals surface area contributed by atoms with E-state index in [0.29, 0.717) is 17.9 Å². The Morgan fingerprint density at radius 2 is 1.79 bits per heavy atom. The van der Waals surface area contributed by atoms with Crippen LogP contribution in [0.2, 0.25) is 0 Å². The molecule has 2 aromatic carbocycles. The van der Waals surface area contributed by atoms with Gasteiger partial charge in [0.25, 0.3) is 0 Å². The van der Waals surface area contributed by atoms with Crippen molar-refractivity contribution in [2.45, 2.75) is 32.9 Å². The number of nitrogens with zero attached hydrogens (tertiary/aromatic N) is 1. The summed E-state index contributed by atoms with van der Waals surface area (Å²) in [4.78, 5) is 12.7. The fraction of sp³-hybridized carbons (Fsp3) is 0.250. The summed E-state index contributed by atoms with van der Waals surface area (Å²) in [7, 11) is 0. The minimum atomic E-state index is -0.538. The highest BCUT2D eigenvalue weighted by Gasteiger charge is 2.22. The van der Waals surface area contributed by atoms with Crippen LogP contribution < -0.4 is 5.73 Å². The normalized spacial score (nSPS) is 11.6. The number of aromatic nitrogens is 1. The molecular formula is C20H22N2O2. The van der Waals surface area contributed by atoms with Gasteiger partial charge in [-0.3, -0.25) is 0 Å². The van der Waals surface area contributed by atoms with Crippen LogP contribution in [-0.2, 0) is 11.3 Å². The van der Waals surface area contributed by atoms with Crippen molar-refractivity contribution in [3.05, 3.63) is 65.9 Å². The second-order valence-corrected chi connectivity index (χ2v) is 6.92. The topological polar surface area (TPSA) is 57.2 Å². The van der Waals surface area contributed by atoms with Crippen molar-refractivity contribution in [2.24, 2.45) is 0 Å². The second kappa shape index (κ2) is 6.04. The summed E-state index contributed by atoms with van der Waals surface area (Å²) >= 11 is 0. The van der Waals surface area contributed by atoms with Crippen LogP contribution in [0.3, 0.4) is 0 Å². The van der Waals surface area contributed by atoms with Gasteiger partial charge in [-0.05, 0) is 50.6 Å². The largest absolute Gasteiger partial charge is 0.455 e. The summed E-state index contributed by atoms with van der Waals surface area (Å²) in [6.45, 7) is 6.20. The van der Waals surface area contributed by atoms with Crippen LogP contribution in [0.4, 0.5) is 5.69 Å². The van der Waals surface area contributed by atoms with Gasteiger partial charge in [-0.15, -0.1) is 0 Å². The summed E-state index contributed by atoms with van der Waals surface area (Å²) in [6, 6.07) is 17.6. The van der Waals surface area contributed by atoms with Crippen molar-refractivity contribution in [2.75, 3.05) is 5.73 Å². The van der Waals surface area contributed by atoms with E-state index in [4.69, 9.17) is 10.5 Å². The fourth-order valence-electron chi connectivity index (χ4n) is 2.73. The van der Waals surface area contributed by atoms with E-state index in [0.717, 1.165) is 16.5 Å². The number of esters is 1. The quantitative estimate of drug-likeness (QED) is 0.580. The highest BCUT2D eigenvalue weighted by molar-refractivity contribution is 5.96. The molecule has 0 saturated heterocycles. The molecular weight excluding hydrogens is 300 g/mol. The molecule has 1 heterocycles. The zero-order valence-electron chi connectivity index (χ0n) is 14.2. The first kappa shape index (κ1) is 16.1. The Labute approximate surface area is 141 Å². The first-order chi connectivity index (χ1) is 11.3. The van der Waals surface area contributed by atoms with Crippen molar-refractivity contribution in [1.82, 2.24) is 4.57 Å². The summed E-state index contributed by atoms with van der Waals surface area (Å²) in [5, 5.41) is 0.937. The third-order valence-corrected chi connectivity index (χ3v) is 3.72. The van der Waals surface area contributed by atoms with Crippen LogP contribution >= 0.6 is 0 Å². The van der Waals surface area contributed by atoms with E-state index >= 15 is 0 Å². The van der Waals surface area contributed by atoms with Crippen LogP contribution in [-0.4, -0.2) is 16.1 Å². The van der Waals surface area contributed by atoms with Gasteiger partial charge in [0.15, 0.2) is 0 Å².